The van der Waals surface area contributed by atoms with Crippen LogP contribution in [0.1, 0.15) is 12.0 Å². The van der Waals surface area contributed by atoms with E-state index in [1.165, 1.54) is 12.4 Å². The molecule has 2 atom stereocenters. The Hall–Kier alpha value is -1.88. The maximum absolute atomic E-state index is 12.0. The highest BCUT2D eigenvalue weighted by molar-refractivity contribution is 14.1. The van der Waals surface area contributed by atoms with Gasteiger partial charge in [0, 0.05) is 19.6 Å². The fourth-order valence-corrected chi connectivity index (χ4v) is 3.81. The molecule has 1 unspecified atom stereocenters. The van der Waals surface area contributed by atoms with Crippen molar-refractivity contribution in [2.24, 2.45) is 11.0 Å². The molecule has 9 heteroatoms. The lowest BCUT2D eigenvalue weighted by Crippen LogP contribution is -2.37. The summed E-state index contributed by atoms with van der Waals surface area (Å²) in [5.74, 6) is 1.14. The van der Waals surface area contributed by atoms with Crippen molar-refractivity contribution in [1.82, 2.24) is 14.9 Å². The molecule has 0 spiro atoms. The number of methoxy groups -OCH3 is 1. The minimum Gasteiger partial charge on any atom is -0.383 e. The van der Waals surface area contributed by atoms with Crippen LogP contribution in [0.15, 0.2) is 24.1 Å². The smallest absolute Gasteiger partial charge is 0.363 e. The number of nitrogens with zero attached hydrogens (tertiary/aromatic N) is 5. The van der Waals surface area contributed by atoms with Crippen molar-refractivity contribution in [3.05, 3.63) is 24.5 Å². The molecule has 24 heavy (non-hydrogen) atoms. The molecule has 0 bridgehead atoms. The quantitative estimate of drug-likeness (QED) is 0.426. The van der Waals surface area contributed by atoms with Crippen molar-refractivity contribution in [3.8, 4) is 0 Å². The monoisotopic (exact) mass is 441 g/mol. The number of carbonyl (C=O) groups excluding carboxylic acids is 1. The van der Waals surface area contributed by atoms with Crippen molar-refractivity contribution in [3.63, 3.8) is 0 Å². The summed E-state index contributed by atoms with van der Waals surface area (Å²) in [6, 6.07) is 0.0299. The molecule has 3 rings (SSSR count). The summed E-state index contributed by atoms with van der Waals surface area (Å²) in [7, 11) is 1.64. The summed E-state index contributed by atoms with van der Waals surface area (Å²) in [5, 5.41) is 4.49. The van der Waals surface area contributed by atoms with Gasteiger partial charge in [-0.05, 0) is 40.1 Å². The number of carbonyl (C=O) groups is 1. The zero-order valence-electron chi connectivity index (χ0n) is 13.2. The first-order valence-electron chi connectivity index (χ1n) is 7.46. The minimum absolute atomic E-state index is 0.0299. The van der Waals surface area contributed by atoms with Gasteiger partial charge in [0.15, 0.2) is 3.72 Å². The van der Waals surface area contributed by atoms with E-state index in [-0.39, 0.29) is 17.9 Å². The van der Waals surface area contributed by atoms with E-state index in [2.05, 4.69) is 44.2 Å². The van der Waals surface area contributed by atoms with Gasteiger partial charge in [0.05, 0.1) is 12.6 Å². The molecule has 2 aliphatic rings. The summed E-state index contributed by atoms with van der Waals surface area (Å²) in [5.41, 5.74) is 6.67. The van der Waals surface area contributed by atoms with E-state index in [0.717, 1.165) is 15.7 Å². The van der Waals surface area contributed by atoms with Crippen molar-refractivity contribution in [2.45, 2.75) is 12.5 Å². The summed E-state index contributed by atoms with van der Waals surface area (Å²) >= 11 is 2.12. The molecule has 2 aliphatic heterocycles. The number of rotatable bonds is 4. The van der Waals surface area contributed by atoms with Crippen LogP contribution in [0.4, 0.5) is 11.6 Å². The first-order valence-corrected chi connectivity index (χ1v) is 8.54. The number of nitrogen functional groups attached to an aromatic ring is 1. The molecule has 8 nitrogen and oxygen atoms in total. The Bertz CT molecular complexity index is 747. The fourth-order valence-electron chi connectivity index (χ4n) is 3.06. The zero-order chi connectivity index (χ0) is 17.3. The SMILES string of the molecule is C=CC(=O)N1CC(/C=[N+]2\N=C(I)c3c(N)ncnc32)C[C@@H]1COC. The number of halogens is 1. The van der Waals surface area contributed by atoms with E-state index >= 15 is 0 Å². The molecule has 0 aromatic carbocycles. The predicted octanol–water partition coefficient (Wildman–Crippen LogP) is 0.933. The highest BCUT2D eigenvalue weighted by atomic mass is 127. The second kappa shape index (κ2) is 6.93. The van der Waals surface area contributed by atoms with Crippen LogP contribution in [0, 0.1) is 5.92 Å². The third kappa shape index (κ3) is 3.05. The molecule has 3 heterocycles. The second-order valence-corrected chi connectivity index (χ2v) is 6.66. The average Bonchev–Trinajstić information content (AvgIpc) is 3.10. The predicted molar refractivity (Wildman–Crippen MR) is 98.7 cm³/mol. The van der Waals surface area contributed by atoms with Gasteiger partial charge in [-0.2, -0.15) is 4.98 Å². The number of ether oxygens (including phenoxy) is 1. The Kier molecular flexibility index (Phi) is 4.90. The summed E-state index contributed by atoms with van der Waals surface area (Å²) in [4.78, 5) is 22.1. The van der Waals surface area contributed by atoms with Crippen LogP contribution in [0.3, 0.4) is 0 Å². The van der Waals surface area contributed by atoms with Crippen LogP contribution < -0.4 is 5.73 Å². The Morgan fingerprint density at radius 2 is 2.42 bits per heavy atom. The van der Waals surface area contributed by atoms with Crippen LogP contribution >= 0.6 is 22.6 Å². The number of hydrogen-bond donors (Lipinski definition) is 1. The molecule has 0 saturated carbocycles. The molecular formula is C15H18IN6O2+. The van der Waals surface area contributed by atoms with Crippen LogP contribution in [0.2, 0.25) is 0 Å². The number of likely N-dealkylation sites (tertiary alicyclic amines) is 1. The second-order valence-electron chi connectivity index (χ2n) is 5.64. The minimum atomic E-state index is -0.0839. The van der Waals surface area contributed by atoms with Gasteiger partial charge in [-0.3, -0.25) is 4.79 Å². The zero-order valence-corrected chi connectivity index (χ0v) is 15.4. The number of nitrogens with two attached hydrogens (primary N) is 1. The van der Waals surface area contributed by atoms with Crippen LogP contribution in [0.25, 0.3) is 0 Å². The molecule has 1 aromatic rings. The molecule has 0 aliphatic carbocycles. The first-order chi connectivity index (χ1) is 11.5. The molecule has 1 fully saturated rings. The number of fused-ring (bicyclic) bond motifs is 1. The number of hydrogen-bond acceptors (Lipinski definition) is 6. The lowest BCUT2D eigenvalue weighted by Gasteiger charge is -2.22. The highest BCUT2D eigenvalue weighted by Gasteiger charge is 2.37. The first kappa shape index (κ1) is 17.0. The number of amides is 1. The van der Waals surface area contributed by atoms with E-state index in [9.17, 15) is 4.79 Å². The van der Waals surface area contributed by atoms with Crippen molar-refractivity contribution in [2.75, 3.05) is 26.0 Å². The lowest BCUT2D eigenvalue weighted by molar-refractivity contribution is -0.442. The van der Waals surface area contributed by atoms with Crippen LogP contribution in [0.5, 0.6) is 0 Å². The number of aromatic nitrogens is 2. The Labute approximate surface area is 153 Å². The Balaban J connectivity index is 1.87. The van der Waals surface area contributed by atoms with Gasteiger partial charge in [0.2, 0.25) is 12.2 Å². The van der Waals surface area contributed by atoms with Crippen molar-refractivity contribution in [1.29, 1.82) is 0 Å². The Morgan fingerprint density at radius 1 is 1.62 bits per heavy atom. The van der Waals surface area contributed by atoms with Crippen LogP contribution in [-0.4, -0.2) is 61.7 Å². The maximum atomic E-state index is 12.0. The molecule has 1 aromatic heterocycles. The summed E-state index contributed by atoms with van der Waals surface area (Å²) in [6.45, 7) is 4.66. The third-order valence-corrected chi connectivity index (χ3v) is 4.85. The van der Waals surface area contributed by atoms with E-state index in [0.29, 0.717) is 24.8 Å². The standard InChI is InChI=1S/C15H18IN6O2/c1-3-11(23)21-5-9(4-10(21)7-24-2)6-22-15-12(13(16)20-22)14(17)18-8-19-15/h3,6,8-10H,1,4-5,7H2,2H3,(H2,17,18,19)/q+1/b22-6-/t9?,10-/m1/s1. The lowest BCUT2D eigenvalue weighted by atomic mass is 10.1. The molecular weight excluding hydrogens is 423 g/mol. The summed E-state index contributed by atoms with van der Waals surface area (Å²) in [6.07, 6.45) is 5.54. The van der Waals surface area contributed by atoms with Gasteiger partial charge in [-0.1, -0.05) is 11.7 Å². The van der Waals surface area contributed by atoms with Gasteiger partial charge in [-0.15, -0.1) is 4.68 Å². The van der Waals surface area contributed by atoms with Gasteiger partial charge in [0.1, 0.15) is 17.6 Å². The van der Waals surface area contributed by atoms with E-state index in [1.807, 2.05) is 6.21 Å². The molecule has 1 amide bonds. The number of hydrazone groups is 1. The molecule has 126 valence electrons. The highest BCUT2D eigenvalue weighted by Crippen LogP contribution is 2.31. The number of anilines is 1. The van der Waals surface area contributed by atoms with Gasteiger partial charge in [-0.25, -0.2) is 0 Å². The topological polar surface area (TPSA) is 96.7 Å². The van der Waals surface area contributed by atoms with E-state index in [1.54, 1.807) is 16.7 Å². The fraction of sp³-hybridized carbons (Fsp3) is 0.400. The van der Waals surface area contributed by atoms with E-state index < -0.39 is 0 Å². The molecule has 0 radical (unpaired) electrons. The van der Waals surface area contributed by atoms with Crippen LogP contribution in [-0.2, 0) is 9.53 Å². The van der Waals surface area contributed by atoms with Crippen molar-refractivity contribution >= 4 is 50.1 Å². The van der Waals surface area contributed by atoms with Gasteiger partial charge in [0.25, 0.3) is 0 Å². The summed E-state index contributed by atoms with van der Waals surface area (Å²) < 4.78 is 7.72. The largest absolute Gasteiger partial charge is 0.383 e. The van der Waals surface area contributed by atoms with Crippen molar-refractivity contribution < 1.29 is 14.2 Å². The molecule has 1 saturated heterocycles. The van der Waals surface area contributed by atoms with Gasteiger partial charge >= 0.3 is 5.82 Å². The third-order valence-electron chi connectivity index (χ3n) is 4.09. The maximum Gasteiger partial charge on any atom is 0.363 e. The van der Waals surface area contributed by atoms with Gasteiger partial charge < -0.3 is 15.4 Å². The van der Waals surface area contributed by atoms with E-state index in [4.69, 9.17) is 10.5 Å². The Morgan fingerprint density at radius 3 is 3.12 bits per heavy atom. The molecule has 2 N–H and O–H groups in total. The normalized spacial score (nSPS) is 24.2. The average molecular weight is 441 g/mol.